The third-order valence-corrected chi connectivity index (χ3v) is 9.34. The average Bonchev–Trinajstić information content (AvgIpc) is 3.04. The first-order valence-electron chi connectivity index (χ1n) is 10.5. The lowest BCUT2D eigenvalue weighted by atomic mass is 9.35. The molecule has 5 aliphatic rings. The number of ketones is 1. The molecule has 0 amide bonds. The summed E-state index contributed by atoms with van der Waals surface area (Å²) in [7, 11) is 0. The summed E-state index contributed by atoms with van der Waals surface area (Å²) >= 11 is 0. The van der Waals surface area contributed by atoms with Gasteiger partial charge in [-0.25, -0.2) is 4.79 Å². The second-order valence-electron chi connectivity index (χ2n) is 10.1. The number of aliphatic hydroxyl groups is 3. The van der Waals surface area contributed by atoms with Crippen LogP contribution in [0.2, 0.25) is 0 Å². The fourth-order valence-corrected chi connectivity index (χ4v) is 7.17. The fourth-order valence-electron chi connectivity index (χ4n) is 7.17. The summed E-state index contributed by atoms with van der Waals surface area (Å²) in [6, 6.07) is 6.79. The summed E-state index contributed by atoms with van der Waals surface area (Å²) in [5, 5.41) is 34.3. The molecule has 6 rings (SSSR count). The Balaban J connectivity index is 1.68. The van der Waals surface area contributed by atoms with Crippen molar-refractivity contribution < 1.29 is 34.4 Å². The fraction of sp³-hybridized carbons (Fsp3) is 0.652. The number of carbonyl (C=O) groups is 2. The van der Waals surface area contributed by atoms with Crippen LogP contribution in [0.4, 0.5) is 0 Å². The Morgan fingerprint density at radius 3 is 2.47 bits per heavy atom. The van der Waals surface area contributed by atoms with E-state index in [2.05, 4.69) is 0 Å². The highest BCUT2D eigenvalue weighted by molar-refractivity contribution is 5.94. The molecule has 0 radical (unpaired) electrons. The molecule has 1 aromatic carbocycles. The topological polar surface area (TPSA) is 113 Å². The van der Waals surface area contributed by atoms with Crippen molar-refractivity contribution in [3.05, 3.63) is 35.4 Å². The summed E-state index contributed by atoms with van der Waals surface area (Å²) in [6.45, 7) is 6.92. The van der Waals surface area contributed by atoms with E-state index in [-0.39, 0.29) is 30.8 Å². The zero-order valence-corrected chi connectivity index (χ0v) is 17.6. The molecule has 1 aromatic rings. The van der Waals surface area contributed by atoms with Crippen LogP contribution in [-0.4, -0.2) is 57.3 Å². The lowest BCUT2D eigenvalue weighted by Gasteiger charge is -2.70. The number of esters is 1. The molecule has 5 fully saturated rings. The van der Waals surface area contributed by atoms with Crippen molar-refractivity contribution in [2.45, 2.75) is 64.1 Å². The van der Waals surface area contributed by atoms with E-state index in [1.54, 1.807) is 45.0 Å². The number of rotatable bonds is 2. The van der Waals surface area contributed by atoms with Gasteiger partial charge in [0.25, 0.3) is 5.79 Å². The molecule has 1 saturated heterocycles. The minimum atomic E-state index is -1.93. The number of carbonyl (C=O) groups excluding carboxylic acids is 2. The van der Waals surface area contributed by atoms with Gasteiger partial charge in [0.15, 0.2) is 0 Å². The van der Waals surface area contributed by atoms with Crippen LogP contribution >= 0.6 is 0 Å². The predicted octanol–water partition coefficient (Wildman–Crippen LogP) is 1.36. The summed E-state index contributed by atoms with van der Waals surface area (Å²) in [5.74, 6) is -3.44. The minimum absolute atomic E-state index is 0.0376. The number of hydrogen-bond donors (Lipinski definition) is 3. The van der Waals surface area contributed by atoms with Crippen LogP contribution < -0.4 is 0 Å². The number of aryl methyl sites for hydroxylation is 1. The molecule has 1 aliphatic heterocycles. The van der Waals surface area contributed by atoms with Gasteiger partial charge < -0.3 is 24.8 Å². The van der Waals surface area contributed by atoms with Gasteiger partial charge in [-0.05, 0) is 31.9 Å². The second kappa shape index (κ2) is 5.51. The van der Waals surface area contributed by atoms with Crippen LogP contribution in [-0.2, 0) is 14.3 Å². The van der Waals surface area contributed by atoms with Gasteiger partial charge in [-0.1, -0.05) is 31.5 Å². The lowest BCUT2D eigenvalue weighted by Crippen LogP contribution is -2.84. The normalized spacial score (nSPS) is 51.2. The van der Waals surface area contributed by atoms with E-state index in [1.165, 1.54) is 0 Å². The third-order valence-electron chi connectivity index (χ3n) is 9.34. The first-order valence-corrected chi connectivity index (χ1v) is 10.5. The molecular formula is C23H28O7. The van der Waals surface area contributed by atoms with Crippen molar-refractivity contribution >= 4 is 11.8 Å². The average molecular weight is 416 g/mol. The van der Waals surface area contributed by atoms with E-state index >= 15 is 0 Å². The lowest BCUT2D eigenvalue weighted by molar-refractivity contribution is -0.366. The maximum atomic E-state index is 13.5. The van der Waals surface area contributed by atoms with Gasteiger partial charge >= 0.3 is 5.97 Å². The van der Waals surface area contributed by atoms with Crippen molar-refractivity contribution in [2.75, 3.05) is 6.61 Å². The Bertz CT molecular complexity index is 959. The van der Waals surface area contributed by atoms with Gasteiger partial charge in [0.1, 0.15) is 17.3 Å². The van der Waals surface area contributed by atoms with Crippen LogP contribution in [0.15, 0.2) is 24.3 Å². The maximum absolute atomic E-state index is 13.5. The van der Waals surface area contributed by atoms with E-state index in [4.69, 9.17) is 9.47 Å². The highest BCUT2D eigenvalue weighted by atomic mass is 16.7. The zero-order chi connectivity index (χ0) is 21.9. The highest BCUT2D eigenvalue weighted by Gasteiger charge is 2.93. The summed E-state index contributed by atoms with van der Waals surface area (Å²) in [5.41, 5.74) is -4.22. The second-order valence-corrected chi connectivity index (χ2v) is 10.1. The summed E-state index contributed by atoms with van der Waals surface area (Å²) < 4.78 is 11.9. The van der Waals surface area contributed by atoms with Crippen LogP contribution in [0.3, 0.4) is 0 Å². The molecular weight excluding hydrogens is 388 g/mol. The largest absolute Gasteiger partial charge is 0.425 e. The third kappa shape index (κ3) is 1.73. The number of aliphatic hydroxyl groups excluding tert-OH is 2. The Kier molecular flexibility index (Phi) is 3.70. The Morgan fingerprint density at radius 1 is 1.20 bits per heavy atom. The van der Waals surface area contributed by atoms with Gasteiger partial charge in [0, 0.05) is 23.7 Å². The minimum Gasteiger partial charge on any atom is -0.425 e. The number of Topliss-reactive ketones (excluding diaryl/α,β-unsaturated/α-hetero) is 1. The van der Waals surface area contributed by atoms with Gasteiger partial charge in [0.05, 0.1) is 23.9 Å². The smallest absolute Gasteiger partial charge is 0.340 e. The molecule has 7 heteroatoms. The number of fused-ring (bicyclic) bond motifs is 1. The summed E-state index contributed by atoms with van der Waals surface area (Å²) in [4.78, 5) is 26.6. The monoisotopic (exact) mass is 416 g/mol. The standard InChI is InChI=1S/C23H28O7/c1-12-5-7-14(8-6-12)17(26)30-23-18(27)21-10-16(25)20(23,4)19(3,11-29-23)22(21,28)9-15(24)13(21)2/h5-8,13,15,18,24,27-28H,9-11H2,1-4H3/t13-,15-,18+,19-,20?,21?,22-,23-/m0/s1. The molecule has 4 aliphatic carbocycles. The first-order chi connectivity index (χ1) is 13.9. The maximum Gasteiger partial charge on any atom is 0.340 e. The van der Waals surface area contributed by atoms with Gasteiger partial charge in [-0.2, -0.15) is 0 Å². The Labute approximate surface area is 175 Å². The van der Waals surface area contributed by atoms with Crippen LogP contribution in [0.1, 0.15) is 49.5 Å². The van der Waals surface area contributed by atoms with Gasteiger partial charge in [0.2, 0.25) is 0 Å². The van der Waals surface area contributed by atoms with Gasteiger partial charge in [-0.15, -0.1) is 0 Å². The molecule has 1 heterocycles. The van der Waals surface area contributed by atoms with Crippen molar-refractivity contribution in [3.63, 3.8) is 0 Å². The SMILES string of the molecule is Cc1ccc(C(=O)O[C@]23OC[C@@]4(C)C2(C)C(=O)CC2([C@H]3O)[C@@H](C)[C@@H](O)C[C@@]24O)cc1. The number of ether oxygens (including phenoxy) is 2. The molecule has 1 spiro atoms. The molecule has 0 aromatic heterocycles. The molecule has 30 heavy (non-hydrogen) atoms. The van der Waals surface area contributed by atoms with Crippen molar-refractivity contribution in [1.82, 2.24) is 0 Å². The van der Waals surface area contributed by atoms with Gasteiger partial charge in [-0.3, -0.25) is 4.79 Å². The zero-order valence-electron chi connectivity index (χ0n) is 17.6. The first kappa shape index (κ1) is 20.1. The summed E-state index contributed by atoms with van der Waals surface area (Å²) in [6.07, 6.45) is -2.41. The molecule has 3 N–H and O–H groups in total. The van der Waals surface area contributed by atoms with Crippen molar-refractivity contribution in [1.29, 1.82) is 0 Å². The quantitative estimate of drug-likeness (QED) is 0.624. The van der Waals surface area contributed by atoms with Crippen LogP contribution in [0.5, 0.6) is 0 Å². The molecule has 2 unspecified atom stereocenters. The number of hydrogen-bond acceptors (Lipinski definition) is 7. The van der Waals surface area contributed by atoms with E-state index < -0.39 is 51.7 Å². The van der Waals surface area contributed by atoms with E-state index in [9.17, 15) is 24.9 Å². The molecule has 162 valence electrons. The molecule has 4 saturated carbocycles. The molecule has 8 atom stereocenters. The highest BCUT2D eigenvalue weighted by Crippen LogP contribution is 2.80. The Morgan fingerprint density at radius 2 is 1.83 bits per heavy atom. The van der Waals surface area contributed by atoms with Crippen LogP contribution in [0.25, 0.3) is 0 Å². The van der Waals surface area contributed by atoms with Crippen molar-refractivity contribution in [3.8, 4) is 0 Å². The molecule has 7 nitrogen and oxygen atoms in total. The van der Waals surface area contributed by atoms with E-state index in [1.807, 2.05) is 6.92 Å². The van der Waals surface area contributed by atoms with Crippen molar-refractivity contribution in [2.24, 2.45) is 22.2 Å². The Hall–Kier alpha value is -1.80. The molecule has 4 bridgehead atoms. The van der Waals surface area contributed by atoms with E-state index in [0.29, 0.717) is 0 Å². The van der Waals surface area contributed by atoms with Crippen LogP contribution in [0, 0.1) is 29.1 Å². The van der Waals surface area contributed by atoms with E-state index in [0.717, 1.165) is 5.56 Å². The predicted molar refractivity (Wildman–Crippen MR) is 104 cm³/mol. The number of benzene rings is 1.